The lowest BCUT2D eigenvalue weighted by Crippen LogP contribution is -2.46. The van der Waals surface area contributed by atoms with Crippen molar-refractivity contribution in [3.8, 4) is 0 Å². The predicted molar refractivity (Wildman–Crippen MR) is 93.6 cm³/mol. The molecule has 2 atom stereocenters. The summed E-state index contributed by atoms with van der Waals surface area (Å²) in [6.45, 7) is 10.0. The number of nitrogens with zero attached hydrogens (tertiary/aromatic N) is 1. The van der Waals surface area contributed by atoms with Crippen LogP contribution in [0.3, 0.4) is 0 Å². The largest absolute Gasteiger partial charge is 0.376 e. The van der Waals surface area contributed by atoms with Gasteiger partial charge in [-0.1, -0.05) is 45.0 Å². The Kier molecular flexibility index (Phi) is 5.69. The van der Waals surface area contributed by atoms with Crippen LogP contribution in [0.1, 0.15) is 51.7 Å². The van der Waals surface area contributed by atoms with Crippen molar-refractivity contribution in [1.29, 1.82) is 0 Å². The third kappa shape index (κ3) is 4.96. The topological polar surface area (TPSA) is 41.6 Å². The number of rotatable bonds is 4. The molecule has 2 unspecified atom stereocenters. The van der Waals surface area contributed by atoms with Crippen molar-refractivity contribution in [3.63, 3.8) is 0 Å². The fourth-order valence-corrected chi connectivity index (χ4v) is 2.85. The number of nitrogens with one attached hydrogen (secondary N) is 1. The van der Waals surface area contributed by atoms with Crippen molar-refractivity contribution in [1.82, 2.24) is 10.2 Å². The van der Waals surface area contributed by atoms with E-state index in [-0.39, 0.29) is 23.6 Å². The first-order valence-corrected chi connectivity index (χ1v) is 8.50. The summed E-state index contributed by atoms with van der Waals surface area (Å²) in [5, 5.41) is 3.04. The Balaban J connectivity index is 1.87. The van der Waals surface area contributed by atoms with Gasteiger partial charge in [0.1, 0.15) is 0 Å². The lowest BCUT2D eigenvalue weighted by molar-refractivity contribution is 0.0838. The van der Waals surface area contributed by atoms with E-state index >= 15 is 0 Å². The molecule has 4 heteroatoms. The Hall–Kier alpha value is -1.55. The highest BCUT2D eigenvalue weighted by atomic mass is 16.5. The van der Waals surface area contributed by atoms with E-state index in [1.165, 1.54) is 5.56 Å². The van der Waals surface area contributed by atoms with E-state index in [2.05, 4.69) is 50.4 Å². The van der Waals surface area contributed by atoms with Gasteiger partial charge in [0.2, 0.25) is 0 Å². The smallest absolute Gasteiger partial charge is 0.317 e. The lowest BCUT2D eigenvalue weighted by Gasteiger charge is -2.25. The van der Waals surface area contributed by atoms with Gasteiger partial charge in [-0.05, 0) is 36.3 Å². The summed E-state index contributed by atoms with van der Waals surface area (Å²) in [5.74, 6) is 0. The molecule has 2 amide bonds. The van der Waals surface area contributed by atoms with Crippen LogP contribution in [0.5, 0.6) is 0 Å². The van der Waals surface area contributed by atoms with Gasteiger partial charge in [-0.15, -0.1) is 0 Å². The molecule has 1 aromatic carbocycles. The van der Waals surface area contributed by atoms with Gasteiger partial charge >= 0.3 is 6.03 Å². The maximum Gasteiger partial charge on any atom is 0.317 e. The minimum Gasteiger partial charge on any atom is -0.376 e. The highest BCUT2D eigenvalue weighted by molar-refractivity contribution is 5.74. The molecule has 1 aliphatic rings. The van der Waals surface area contributed by atoms with Crippen LogP contribution in [-0.4, -0.2) is 36.7 Å². The van der Waals surface area contributed by atoms with Crippen molar-refractivity contribution < 1.29 is 9.53 Å². The molecule has 1 N–H and O–H groups in total. The second kappa shape index (κ2) is 7.35. The van der Waals surface area contributed by atoms with Crippen LogP contribution in [0.4, 0.5) is 4.79 Å². The highest BCUT2D eigenvalue weighted by Crippen LogP contribution is 2.22. The SMILES string of the molecule is CC(NC(=O)N(C)Cc1ccc(C(C)(C)C)cc1)C1CCCO1. The van der Waals surface area contributed by atoms with Gasteiger partial charge < -0.3 is 15.0 Å². The molecule has 23 heavy (non-hydrogen) atoms. The van der Waals surface area contributed by atoms with Gasteiger partial charge in [0.05, 0.1) is 12.1 Å². The van der Waals surface area contributed by atoms with Gasteiger partial charge in [0.15, 0.2) is 0 Å². The Morgan fingerprint density at radius 1 is 1.35 bits per heavy atom. The molecule has 1 aliphatic heterocycles. The number of amides is 2. The normalized spacial score (nSPS) is 19.4. The number of urea groups is 1. The molecular weight excluding hydrogens is 288 g/mol. The maximum absolute atomic E-state index is 12.3. The van der Waals surface area contributed by atoms with Gasteiger partial charge in [-0.25, -0.2) is 4.79 Å². The molecule has 2 rings (SSSR count). The third-order valence-electron chi connectivity index (χ3n) is 4.46. The zero-order valence-electron chi connectivity index (χ0n) is 15.1. The van der Waals surface area contributed by atoms with E-state index in [0.29, 0.717) is 6.54 Å². The fourth-order valence-electron chi connectivity index (χ4n) is 2.85. The van der Waals surface area contributed by atoms with E-state index in [9.17, 15) is 4.79 Å². The zero-order valence-corrected chi connectivity index (χ0v) is 15.1. The fraction of sp³-hybridized carbons (Fsp3) is 0.632. The summed E-state index contributed by atoms with van der Waals surface area (Å²) in [5.41, 5.74) is 2.60. The Morgan fingerprint density at radius 3 is 2.52 bits per heavy atom. The molecule has 0 aliphatic carbocycles. The minimum atomic E-state index is -0.0482. The number of hydrogen-bond donors (Lipinski definition) is 1. The first-order valence-electron chi connectivity index (χ1n) is 8.50. The average Bonchev–Trinajstić information content (AvgIpc) is 3.01. The molecule has 1 aromatic rings. The summed E-state index contributed by atoms with van der Waals surface area (Å²) in [4.78, 5) is 14.0. The zero-order chi connectivity index (χ0) is 17.0. The summed E-state index contributed by atoms with van der Waals surface area (Å²) in [6, 6.07) is 8.51. The molecule has 0 bridgehead atoms. The van der Waals surface area contributed by atoms with Crippen molar-refractivity contribution >= 4 is 6.03 Å². The van der Waals surface area contributed by atoms with Gasteiger partial charge in [-0.2, -0.15) is 0 Å². The number of hydrogen-bond acceptors (Lipinski definition) is 2. The second-order valence-electron chi connectivity index (χ2n) is 7.59. The van der Waals surface area contributed by atoms with E-state index < -0.39 is 0 Å². The Bertz CT molecular complexity index is 513. The van der Waals surface area contributed by atoms with Gasteiger partial charge in [0, 0.05) is 20.2 Å². The third-order valence-corrected chi connectivity index (χ3v) is 4.46. The van der Waals surface area contributed by atoms with Crippen LogP contribution >= 0.6 is 0 Å². The lowest BCUT2D eigenvalue weighted by atomic mass is 9.87. The quantitative estimate of drug-likeness (QED) is 0.920. The van der Waals surface area contributed by atoms with Crippen LogP contribution in [0.25, 0.3) is 0 Å². The second-order valence-corrected chi connectivity index (χ2v) is 7.59. The van der Waals surface area contributed by atoms with E-state index in [1.807, 2.05) is 14.0 Å². The summed E-state index contributed by atoms with van der Waals surface area (Å²) in [7, 11) is 1.83. The number of benzene rings is 1. The molecule has 1 saturated heterocycles. The van der Waals surface area contributed by atoms with Crippen molar-refractivity contribution in [2.75, 3.05) is 13.7 Å². The number of carbonyl (C=O) groups excluding carboxylic acids is 1. The first kappa shape index (κ1) is 17.8. The summed E-state index contributed by atoms with van der Waals surface area (Å²) >= 11 is 0. The Labute approximate surface area is 140 Å². The van der Waals surface area contributed by atoms with E-state index in [0.717, 1.165) is 25.0 Å². The molecule has 4 nitrogen and oxygen atoms in total. The maximum atomic E-state index is 12.3. The molecule has 1 heterocycles. The Morgan fingerprint density at radius 2 is 2.00 bits per heavy atom. The molecule has 0 saturated carbocycles. The summed E-state index contributed by atoms with van der Waals surface area (Å²) in [6.07, 6.45) is 2.26. The van der Waals surface area contributed by atoms with Crippen LogP contribution in [-0.2, 0) is 16.7 Å². The molecule has 128 valence electrons. The average molecular weight is 318 g/mol. The van der Waals surface area contributed by atoms with Crippen LogP contribution < -0.4 is 5.32 Å². The van der Waals surface area contributed by atoms with Crippen LogP contribution in [0, 0.1) is 0 Å². The standard InChI is InChI=1S/C19H30N2O2/c1-14(17-7-6-12-23-17)20-18(22)21(5)13-15-8-10-16(11-9-15)19(2,3)4/h8-11,14,17H,6-7,12-13H2,1-5H3,(H,20,22). The van der Waals surface area contributed by atoms with Gasteiger partial charge in [-0.3, -0.25) is 0 Å². The van der Waals surface area contributed by atoms with Crippen molar-refractivity contribution in [3.05, 3.63) is 35.4 Å². The number of ether oxygens (including phenoxy) is 1. The predicted octanol–water partition coefficient (Wildman–Crippen LogP) is 3.69. The number of carbonyl (C=O) groups is 1. The first-order chi connectivity index (χ1) is 10.8. The molecule has 1 fully saturated rings. The van der Waals surface area contributed by atoms with Gasteiger partial charge in [0.25, 0.3) is 0 Å². The minimum absolute atomic E-state index is 0.0482. The molecule has 0 aromatic heterocycles. The van der Waals surface area contributed by atoms with E-state index in [1.54, 1.807) is 4.90 Å². The van der Waals surface area contributed by atoms with Crippen LogP contribution in [0.15, 0.2) is 24.3 Å². The monoisotopic (exact) mass is 318 g/mol. The molecule has 0 radical (unpaired) electrons. The van der Waals surface area contributed by atoms with Crippen molar-refractivity contribution in [2.24, 2.45) is 0 Å². The summed E-state index contributed by atoms with van der Waals surface area (Å²) < 4.78 is 5.63. The van der Waals surface area contributed by atoms with Crippen LogP contribution in [0.2, 0.25) is 0 Å². The van der Waals surface area contributed by atoms with E-state index in [4.69, 9.17) is 4.74 Å². The molecular formula is C19H30N2O2. The van der Waals surface area contributed by atoms with Crippen molar-refractivity contribution in [2.45, 2.75) is 64.6 Å². The highest BCUT2D eigenvalue weighted by Gasteiger charge is 2.24. The molecule has 0 spiro atoms.